The second kappa shape index (κ2) is 7.21. The van der Waals surface area contributed by atoms with E-state index in [2.05, 4.69) is 5.32 Å². The fourth-order valence-electron chi connectivity index (χ4n) is 5.15. The molecule has 0 radical (unpaired) electrons. The van der Waals surface area contributed by atoms with Crippen LogP contribution in [0.15, 0.2) is 36.4 Å². The van der Waals surface area contributed by atoms with Crippen LogP contribution in [0.2, 0.25) is 5.02 Å². The molecule has 0 aliphatic carbocycles. The molecule has 1 N–H and O–H groups in total. The van der Waals surface area contributed by atoms with Crippen LogP contribution in [0, 0.1) is 0 Å². The molecule has 1 fully saturated rings. The van der Waals surface area contributed by atoms with Crippen molar-refractivity contribution in [1.29, 1.82) is 0 Å². The van der Waals surface area contributed by atoms with Crippen molar-refractivity contribution >= 4 is 29.1 Å². The molecule has 0 spiro atoms. The number of likely N-dealkylation sites (tertiary alicyclic amines) is 1. The zero-order valence-electron chi connectivity index (χ0n) is 17.3. The molecule has 0 bridgehead atoms. The Morgan fingerprint density at radius 3 is 2.87 bits per heavy atom. The lowest BCUT2D eigenvalue weighted by atomic mass is 9.80. The Hall–Kier alpha value is -2.64. The third kappa shape index (κ3) is 2.87. The molecule has 2 amide bonds. The van der Waals surface area contributed by atoms with E-state index in [1.807, 2.05) is 18.2 Å². The van der Waals surface area contributed by atoms with Gasteiger partial charge in [0, 0.05) is 55.3 Å². The smallest absolute Gasteiger partial charge is 0.254 e. The van der Waals surface area contributed by atoms with Crippen LogP contribution in [0.3, 0.4) is 0 Å². The van der Waals surface area contributed by atoms with E-state index in [1.165, 1.54) is 4.90 Å². The maximum absolute atomic E-state index is 14.8. The molecule has 2 aromatic rings. The molecular weight excluding hydrogens is 421 g/mol. The summed E-state index contributed by atoms with van der Waals surface area (Å²) >= 11 is 6.35. The number of rotatable bonds is 3. The number of alkyl halides is 1. The second-order valence-electron chi connectivity index (χ2n) is 8.48. The number of para-hydroxylation sites is 1. The first kappa shape index (κ1) is 20.3. The van der Waals surface area contributed by atoms with Gasteiger partial charge >= 0.3 is 0 Å². The molecule has 3 aliphatic heterocycles. The van der Waals surface area contributed by atoms with E-state index in [0.717, 1.165) is 12.0 Å². The van der Waals surface area contributed by atoms with Crippen LogP contribution in [0.5, 0.6) is 5.75 Å². The third-order valence-electron chi connectivity index (χ3n) is 6.46. The lowest BCUT2D eigenvalue weighted by Crippen LogP contribution is -2.57. The molecule has 1 unspecified atom stereocenters. The van der Waals surface area contributed by atoms with Crippen molar-refractivity contribution in [2.75, 3.05) is 32.6 Å². The molecule has 1 saturated heterocycles. The van der Waals surface area contributed by atoms with Gasteiger partial charge in [0.25, 0.3) is 5.91 Å². The highest BCUT2D eigenvalue weighted by Crippen LogP contribution is 2.52. The number of amides is 2. The van der Waals surface area contributed by atoms with Crippen molar-refractivity contribution in [2.24, 2.45) is 0 Å². The first-order valence-corrected chi connectivity index (χ1v) is 10.7. The lowest BCUT2D eigenvalue weighted by molar-refractivity contribution is -0.138. The third-order valence-corrected chi connectivity index (χ3v) is 6.69. The summed E-state index contributed by atoms with van der Waals surface area (Å²) in [6.07, 6.45) is -0.480. The minimum atomic E-state index is -1.42. The predicted octanol–water partition coefficient (Wildman–Crippen LogP) is 2.97. The number of nitrogens with one attached hydrogen (secondary N) is 1. The number of carbonyl (C=O) groups excluding carboxylic acids is 2. The number of hydrogen-bond donors (Lipinski definition) is 1. The maximum Gasteiger partial charge on any atom is 0.254 e. The maximum atomic E-state index is 14.8. The van der Waals surface area contributed by atoms with Gasteiger partial charge in [-0.25, -0.2) is 4.39 Å². The van der Waals surface area contributed by atoms with Crippen molar-refractivity contribution in [3.05, 3.63) is 58.1 Å². The molecule has 0 aromatic heterocycles. The summed E-state index contributed by atoms with van der Waals surface area (Å²) in [4.78, 5) is 30.0. The Balaban J connectivity index is 1.81. The van der Waals surface area contributed by atoms with E-state index in [-0.39, 0.29) is 24.8 Å². The first-order chi connectivity index (χ1) is 14.8. The molecule has 3 atom stereocenters. The van der Waals surface area contributed by atoms with Gasteiger partial charge in [-0.3, -0.25) is 14.5 Å². The number of benzene rings is 2. The summed E-state index contributed by atoms with van der Waals surface area (Å²) in [7, 11) is 3.28. The lowest BCUT2D eigenvalue weighted by Gasteiger charge is -2.41. The zero-order chi connectivity index (χ0) is 21.9. The zero-order valence-corrected chi connectivity index (χ0v) is 18.1. The highest BCUT2D eigenvalue weighted by Gasteiger charge is 2.60. The molecule has 31 heavy (non-hydrogen) atoms. The van der Waals surface area contributed by atoms with E-state index in [1.54, 1.807) is 37.2 Å². The number of fused-ring (bicyclic) bond motifs is 2. The van der Waals surface area contributed by atoms with Crippen LogP contribution in [-0.4, -0.2) is 61.1 Å². The second-order valence-corrected chi connectivity index (χ2v) is 8.92. The minimum absolute atomic E-state index is 0.0256. The SMILES string of the molecule is CN(C)C(=O)[C@@H]1C[C@@H](F)CN1C1(c2cccc3c2OCC3)C(=O)Nc2ccc(Cl)cc21. The van der Waals surface area contributed by atoms with Gasteiger partial charge in [-0.15, -0.1) is 0 Å². The number of halogens is 2. The number of likely N-dealkylation sites (N-methyl/N-ethyl adjacent to an activating group) is 1. The van der Waals surface area contributed by atoms with E-state index >= 15 is 0 Å². The molecule has 8 heteroatoms. The number of hydrogen-bond acceptors (Lipinski definition) is 4. The Bertz CT molecular complexity index is 1090. The van der Waals surface area contributed by atoms with Gasteiger partial charge < -0.3 is 15.0 Å². The molecule has 0 saturated carbocycles. The molecule has 2 aromatic carbocycles. The fraction of sp³-hybridized carbons (Fsp3) is 0.391. The number of carbonyl (C=O) groups is 2. The van der Waals surface area contributed by atoms with E-state index in [4.69, 9.17) is 16.3 Å². The normalized spacial score (nSPS) is 26.9. The topological polar surface area (TPSA) is 61.9 Å². The Kier molecular flexibility index (Phi) is 4.71. The minimum Gasteiger partial charge on any atom is -0.493 e. The van der Waals surface area contributed by atoms with Crippen molar-refractivity contribution in [3.8, 4) is 5.75 Å². The van der Waals surface area contributed by atoms with Crippen molar-refractivity contribution in [1.82, 2.24) is 9.80 Å². The Morgan fingerprint density at radius 2 is 2.10 bits per heavy atom. The standard InChI is InChI=1S/C23H23ClFN3O3/c1-27(2)21(29)19-11-15(25)12-28(19)23(16-5-3-4-13-8-9-31-20(13)16)17-10-14(24)6-7-18(17)26-22(23)30/h3-7,10,15,19H,8-9,11-12H2,1-2H3,(H,26,30)/t15-,19+,23?/m1/s1. The Morgan fingerprint density at radius 1 is 1.29 bits per heavy atom. The fourth-order valence-corrected chi connectivity index (χ4v) is 5.33. The summed E-state index contributed by atoms with van der Waals surface area (Å²) < 4.78 is 20.8. The number of ether oxygens (including phenoxy) is 1. The predicted molar refractivity (Wildman–Crippen MR) is 115 cm³/mol. The van der Waals surface area contributed by atoms with Crippen molar-refractivity contribution in [3.63, 3.8) is 0 Å². The van der Waals surface area contributed by atoms with Gasteiger partial charge in [0.2, 0.25) is 5.91 Å². The van der Waals surface area contributed by atoms with Crippen LogP contribution in [0.4, 0.5) is 10.1 Å². The van der Waals surface area contributed by atoms with Crippen LogP contribution in [0.1, 0.15) is 23.1 Å². The van der Waals surface area contributed by atoms with Gasteiger partial charge in [-0.05, 0) is 23.8 Å². The highest BCUT2D eigenvalue weighted by atomic mass is 35.5. The van der Waals surface area contributed by atoms with Crippen LogP contribution < -0.4 is 10.1 Å². The van der Waals surface area contributed by atoms with Crippen LogP contribution >= 0.6 is 11.6 Å². The molecule has 162 valence electrons. The average molecular weight is 444 g/mol. The van der Waals surface area contributed by atoms with E-state index < -0.39 is 17.8 Å². The highest BCUT2D eigenvalue weighted by molar-refractivity contribution is 6.31. The quantitative estimate of drug-likeness (QED) is 0.792. The van der Waals surface area contributed by atoms with E-state index in [9.17, 15) is 14.0 Å². The van der Waals surface area contributed by atoms with Crippen LogP contribution in [-0.2, 0) is 21.5 Å². The molecule has 3 aliphatic rings. The largest absolute Gasteiger partial charge is 0.493 e. The molecule has 6 nitrogen and oxygen atoms in total. The van der Waals surface area contributed by atoms with Crippen LogP contribution in [0.25, 0.3) is 0 Å². The molecular formula is C23H23ClFN3O3. The Labute approximate surface area is 184 Å². The summed E-state index contributed by atoms with van der Waals surface area (Å²) in [5, 5.41) is 3.40. The van der Waals surface area contributed by atoms with Gasteiger partial charge in [0.05, 0.1) is 12.6 Å². The van der Waals surface area contributed by atoms with E-state index in [0.29, 0.717) is 34.2 Å². The van der Waals surface area contributed by atoms with Crippen molar-refractivity contribution < 1.29 is 18.7 Å². The summed E-state index contributed by atoms with van der Waals surface area (Å²) in [5.41, 5.74) is 1.40. The van der Waals surface area contributed by atoms with Crippen molar-refractivity contribution in [2.45, 2.75) is 30.6 Å². The first-order valence-electron chi connectivity index (χ1n) is 10.3. The van der Waals surface area contributed by atoms with Gasteiger partial charge in [0.15, 0.2) is 5.54 Å². The summed E-state index contributed by atoms with van der Waals surface area (Å²) in [6, 6.07) is 10.1. The molecule has 3 heterocycles. The number of nitrogens with zero attached hydrogens (tertiary/aromatic N) is 2. The summed E-state index contributed by atoms with van der Waals surface area (Å²) in [6.45, 7) is 0.464. The van der Waals surface area contributed by atoms with Gasteiger partial charge in [0.1, 0.15) is 11.9 Å². The van der Waals surface area contributed by atoms with Gasteiger partial charge in [-0.2, -0.15) is 0 Å². The summed E-state index contributed by atoms with van der Waals surface area (Å²) in [5.74, 6) is 0.0551. The number of anilines is 1. The monoisotopic (exact) mass is 443 g/mol. The molecule has 5 rings (SSSR count). The average Bonchev–Trinajstić information content (AvgIpc) is 3.43. The van der Waals surface area contributed by atoms with Gasteiger partial charge in [-0.1, -0.05) is 29.8 Å².